The van der Waals surface area contributed by atoms with Gasteiger partial charge in [0.15, 0.2) is 0 Å². The Morgan fingerprint density at radius 3 is 2.77 bits per heavy atom. The topological polar surface area (TPSA) is 40.5 Å². The van der Waals surface area contributed by atoms with E-state index in [2.05, 4.69) is 13.8 Å². The Balaban J connectivity index is 2.18. The molecule has 1 amide bonds. The number of hydrogen-bond donors (Lipinski definition) is 1. The summed E-state index contributed by atoms with van der Waals surface area (Å²) in [7, 11) is 0. The fourth-order valence-electron chi connectivity index (χ4n) is 1.66. The van der Waals surface area contributed by atoms with Crippen molar-refractivity contribution < 1.29 is 9.90 Å². The lowest BCUT2D eigenvalue weighted by molar-refractivity contribution is -0.127. The quantitative estimate of drug-likeness (QED) is 0.710. The molecule has 0 aliphatic carbocycles. The van der Waals surface area contributed by atoms with Crippen molar-refractivity contribution >= 4 is 5.91 Å². The average Bonchev–Trinajstić information content (AvgIpc) is 2.29. The average molecular weight is 185 g/mol. The molecule has 1 heterocycles. The van der Waals surface area contributed by atoms with E-state index in [1.807, 2.05) is 0 Å². The molecule has 0 bridgehead atoms. The second kappa shape index (κ2) is 4.61. The van der Waals surface area contributed by atoms with E-state index < -0.39 is 6.10 Å². The van der Waals surface area contributed by atoms with Crippen molar-refractivity contribution in [1.29, 1.82) is 0 Å². The first-order chi connectivity index (χ1) is 6.09. The van der Waals surface area contributed by atoms with Crippen LogP contribution >= 0.6 is 0 Å². The summed E-state index contributed by atoms with van der Waals surface area (Å²) in [4.78, 5) is 13.0. The molecule has 1 saturated heterocycles. The zero-order valence-electron chi connectivity index (χ0n) is 8.49. The fraction of sp³-hybridized carbons (Fsp3) is 0.900. The van der Waals surface area contributed by atoms with Gasteiger partial charge in [0, 0.05) is 13.1 Å². The van der Waals surface area contributed by atoms with Crippen LogP contribution in [0.15, 0.2) is 0 Å². The van der Waals surface area contributed by atoms with Crippen LogP contribution in [-0.2, 0) is 4.79 Å². The molecular weight excluding hydrogens is 166 g/mol. The SMILES string of the molecule is CC(C)CCCN1CC(O)CC1=O. The van der Waals surface area contributed by atoms with E-state index in [0.29, 0.717) is 18.9 Å². The van der Waals surface area contributed by atoms with Crippen LogP contribution in [0, 0.1) is 5.92 Å². The van der Waals surface area contributed by atoms with Gasteiger partial charge in [0.2, 0.25) is 5.91 Å². The van der Waals surface area contributed by atoms with E-state index in [1.165, 1.54) is 0 Å². The third-order valence-electron chi connectivity index (χ3n) is 2.40. The number of aliphatic hydroxyl groups is 1. The largest absolute Gasteiger partial charge is 0.391 e. The van der Waals surface area contributed by atoms with Crippen LogP contribution in [0.25, 0.3) is 0 Å². The van der Waals surface area contributed by atoms with Crippen molar-refractivity contribution in [3.63, 3.8) is 0 Å². The number of nitrogens with zero attached hydrogens (tertiary/aromatic N) is 1. The Morgan fingerprint density at radius 1 is 1.62 bits per heavy atom. The first-order valence-corrected chi connectivity index (χ1v) is 5.05. The molecule has 1 unspecified atom stereocenters. The minimum absolute atomic E-state index is 0.108. The molecule has 0 saturated carbocycles. The number of likely N-dealkylation sites (tertiary alicyclic amines) is 1. The van der Waals surface area contributed by atoms with Crippen LogP contribution < -0.4 is 0 Å². The van der Waals surface area contributed by atoms with Gasteiger partial charge in [0.05, 0.1) is 12.5 Å². The molecule has 0 spiro atoms. The van der Waals surface area contributed by atoms with Crippen molar-refractivity contribution in [1.82, 2.24) is 4.90 Å². The van der Waals surface area contributed by atoms with Crippen LogP contribution in [-0.4, -0.2) is 35.1 Å². The number of amides is 1. The van der Waals surface area contributed by atoms with Gasteiger partial charge in [-0.15, -0.1) is 0 Å². The highest BCUT2D eigenvalue weighted by molar-refractivity contribution is 5.78. The monoisotopic (exact) mass is 185 g/mol. The Labute approximate surface area is 79.7 Å². The molecule has 1 rings (SSSR count). The van der Waals surface area contributed by atoms with Crippen molar-refractivity contribution in [2.75, 3.05) is 13.1 Å². The van der Waals surface area contributed by atoms with Gasteiger partial charge in [-0.25, -0.2) is 0 Å². The van der Waals surface area contributed by atoms with Crippen molar-refractivity contribution in [3.8, 4) is 0 Å². The normalized spacial score (nSPS) is 23.2. The van der Waals surface area contributed by atoms with Crippen LogP contribution in [0.1, 0.15) is 33.1 Å². The molecular formula is C10H19NO2. The van der Waals surface area contributed by atoms with E-state index in [9.17, 15) is 9.90 Å². The summed E-state index contributed by atoms with van der Waals surface area (Å²) in [5.74, 6) is 0.805. The van der Waals surface area contributed by atoms with Gasteiger partial charge in [-0.05, 0) is 18.8 Å². The maximum Gasteiger partial charge on any atom is 0.225 e. The van der Waals surface area contributed by atoms with Gasteiger partial charge in [-0.1, -0.05) is 13.8 Å². The van der Waals surface area contributed by atoms with Crippen LogP contribution in [0.2, 0.25) is 0 Å². The maximum absolute atomic E-state index is 11.2. The zero-order chi connectivity index (χ0) is 9.84. The Morgan fingerprint density at radius 2 is 2.31 bits per heavy atom. The van der Waals surface area contributed by atoms with E-state index in [4.69, 9.17) is 0 Å². The highest BCUT2D eigenvalue weighted by Crippen LogP contribution is 2.12. The van der Waals surface area contributed by atoms with Gasteiger partial charge in [0.1, 0.15) is 0 Å². The summed E-state index contributed by atoms with van der Waals surface area (Å²) in [6, 6.07) is 0. The lowest BCUT2D eigenvalue weighted by atomic mass is 10.1. The Bertz CT molecular complexity index is 180. The number of aliphatic hydroxyl groups excluding tert-OH is 1. The van der Waals surface area contributed by atoms with Crippen molar-refractivity contribution in [3.05, 3.63) is 0 Å². The molecule has 0 radical (unpaired) electrons. The molecule has 0 aromatic carbocycles. The van der Waals surface area contributed by atoms with Gasteiger partial charge in [0.25, 0.3) is 0 Å². The van der Waals surface area contributed by atoms with Gasteiger partial charge in [-0.2, -0.15) is 0 Å². The third kappa shape index (κ3) is 3.35. The van der Waals surface area contributed by atoms with Gasteiger partial charge < -0.3 is 10.0 Å². The first-order valence-electron chi connectivity index (χ1n) is 5.05. The summed E-state index contributed by atoms with van der Waals surface area (Å²) >= 11 is 0. The summed E-state index contributed by atoms with van der Waals surface area (Å²) < 4.78 is 0. The predicted octanol–water partition coefficient (Wildman–Crippen LogP) is 1.02. The molecule has 1 aliphatic heterocycles. The van der Waals surface area contributed by atoms with Gasteiger partial charge >= 0.3 is 0 Å². The number of carbonyl (C=O) groups is 1. The first kappa shape index (κ1) is 10.5. The van der Waals surface area contributed by atoms with Crippen molar-refractivity contribution in [2.24, 2.45) is 5.92 Å². The molecule has 13 heavy (non-hydrogen) atoms. The molecule has 1 atom stereocenters. The molecule has 3 nitrogen and oxygen atoms in total. The summed E-state index contributed by atoms with van der Waals surface area (Å²) in [5, 5.41) is 9.22. The number of hydrogen-bond acceptors (Lipinski definition) is 2. The smallest absolute Gasteiger partial charge is 0.225 e. The lowest BCUT2D eigenvalue weighted by Crippen LogP contribution is -2.27. The molecule has 76 valence electrons. The van der Waals surface area contributed by atoms with E-state index >= 15 is 0 Å². The highest BCUT2D eigenvalue weighted by Gasteiger charge is 2.26. The maximum atomic E-state index is 11.2. The third-order valence-corrected chi connectivity index (χ3v) is 2.40. The van der Waals surface area contributed by atoms with Crippen LogP contribution in [0.3, 0.4) is 0 Å². The van der Waals surface area contributed by atoms with Crippen LogP contribution in [0.5, 0.6) is 0 Å². The van der Waals surface area contributed by atoms with E-state index in [-0.39, 0.29) is 5.91 Å². The summed E-state index contributed by atoms with van der Waals surface area (Å²) in [5.41, 5.74) is 0. The summed E-state index contributed by atoms with van der Waals surface area (Å²) in [6.45, 7) is 5.71. The second-order valence-electron chi connectivity index (χ2n) is 4.23. The summed E-state index contributed by atoms with van der Waals surface area (Å²) in [6.07, 6.45) is 2.10. The molecule has 1 aliphatic rings. The standard InChI is InChI=1S/C10H19NO2/c1-8(2)4-3-5-11-7-9(12)6-10(11)13/h8-9,12H,3-7H2,1-2H3. The molecule has 3 heteroatoms. The number of rotatable bonds is 4. The number of carbonyl (C=O) groups excluding carboxylic acids is 1. The molecule has 1 N–H and O–H groups in total. The Kier molecular flexibility index (Phi) is 3.72. The number of β-amino-alcohol motifs (C(OH)–C–C–N with tert-alkyl or cyclic N) is 1. The molecule has 1 fully saturated rings. The van der Waals surface area contributed by atoms with E-state index in [1.54, 1.807) is 4.90 Å². The lowest BCUT2D eigenvalue weighted by Gasteiger charge is -2.15. The molecule has 0 aromatic rings. The predicted molar refractivity (Wildman–Crippen MR) is 51.3 cm³/mol. The highest BCUT2D eigenvalue weighted by atomic mass is 16.3. The minimum atomic E-state index is -0.424. The zero-order valence-corrected chi connectivity index (χ0v) is 8.49. The fourth-order valence-corrected chi connectivity index (χ4v) is 1.66. The second-order valence-corrected chi connectivity index (χ2v) is 4.23. The van der Waals surface area contributed by atoms with Crippen LogP contribution in [0.4, 0.5) is 0 Å². The van der Waals surface area contributed by atoms with Crippen molar-refractivity contribution in [2.45, 2.75) is 39.2 Å². The molecule has 0 aromatic heterocycles. The van der Waals surface area contributed by atoms with Gasteiger partial charge in [-0.3, -0.25) is 4.79 Å². The Hall–Kier alpha value is -0.570. The van der Waals surface area contributed by atoms with E-state index in [0.717, 1.165) is 19.4 Å². The minimum Gasteiger partial charge on any atom is -0.391 e.